The zero-order chi connectivity index (χ0) is 12.4. The molecule has 0 bridgehead atoms. The highest BCUT2D eigenvalue weighted by Gasteiger charge is 2.11. The average molecular weight is 234 g/mol. The Kier molecular flexibility index (Phi) is 2.99. The fourth-order valence-electron chi connectivity index (χ4n) is 1.90. The maximum absolute atomic E-state index is 13.6. The minimum absolute atomic E-state index is 0.0890. The number of aldehydes is 1. The normalized spacial score (nSPS) is 10.7. The van der Waals surface area contributed by atoms with Crippen molar-refractivity contribution in [3.05, 3.63) is 40.1 Å². The Morgan fingerprint density at radius 3 is 2.88 bits per heavy atom. The molecule has 2 aromatic heterocycles. The van der Waals surface area contributed by atoms with Gasteiger partial charge in [-0.05, 0) is 12.5 Å². The van der Waals surface area contributed by atoms with Crippen molar-refractivity contribution in [2.24, 2.45) is 0 Å². The van der Waals surface area contributed by atoms with E-state index in [1.807, 2.05) is 0 Å². The summed E-state index contributed by atoms with van der Waals surface area (Å²) in [6, 6.07) is 2.87. The Labute approximate surface area is 96.7 Å². The maximum Gasteiger partial charge on any atom is 0.251 e. The number of carbonyl (C=O) groups is 1. The zero-order valence-electron chi connectivity index (χ0n) is 9.31. The minimum atomic E-state index is -0.453. The van der Waals surface area contributed by atoms with Gasteiger partial charge >= 0.3 is 0 Å². The number of nitrogens with zero attached hydrogens (tertiary/aromatic N) is 2. The quantitative estimate of drug-likeness (QED) is 0.752. The Morgan fingerprint density at radius 1 is 1.47 bits per heavy atom. The summed E-state index contributed by atoms with van der Waals surface area (Å²) in [5, 5.41) is 0. The zero-order valence-corrected chi connectivity index (χ0v) is 9.31. The summed E-state index contributed by atoms with van der Waals surface area (Å²) in [6.45, 7) is 1.70. The van der Waals surface area contributed by atoms with Crippen molar-refractivity contribution in [1.29, 1.82) is 0 Å². The Bertz CT molecular complexity index is 634. The lowest BCUT2D eigenvalue weighted by atomic mass is 10.1. The largest absolute Gasteiger partial charge is 0.301 e. The van der Waals surface area contributed by atoms with E-state index in [4.69, 9.17) is 0 Å². The number of fused-ring (bicyclic) bond motifs is 1. The van der Waals surface area contributed by atoms with E-state index >= 15 is 0 Å². The number of pyridine rings is 2. The fourth-order valence-corrected chi connectivity index (χ4v) is 1.90. The molecule has 0 unspecified atom stereocenters. The molecule has 4 nitrogen and oxygen atoms in total. The van der Waals surface area contributed by atoms with Crippen molar-refractivity contribution in [1.82, 2.24) is 9.55 Å². The van der Waals surface area contributed by atoms with Crippen LogP contribution in [-0.2, 0) is 17.8 Å². The van der Waals surface area contributed by atoms with Crippen LogP contribution in [0.4, 0.5) is 4.39 Å². The molecule has 2 aromatic rings. The molecule has 0 aliphatic rings. The van der Waals surface area contributed by atoms with Crippen molar-refractivity contribution >= 4 is 17.3 Å². The molecule has 0 saturated carbocycles. The lowest BCUT2D eigenvalue weighted by Gasteiger charge is -2.10. The Balaban J connectivity index is 2.93. The molecule has 5 heteroatoms. The van der Waals surface area contributed by atoms with E-state index in [2.05, 4.69) is 4.98 Å². The van der Waals surface area contributed by atoms with E-state index in [0.29, 0.717) is 29.3 Å². The van der Waals surface area contributed by atoms with Gasteiger partial charge in [-0.2, -0.15) is 0 Å². The van der Waals surface area contributed by atoms with Gasteiger partial charge in [0.25, 0.3) is 5.56 Å². The second-order valence-electron chi connectivity index (χ2n) is 3.62. The Morgan fingerprint density at radius 2 is 2.24 bits per heavy atom. The molecule has 0 N–H and O–H groups in total. The molecule has 0 spiro atoms. The number of halogens is 1. The summed E-state index contributed by atoms with van der Waals surface area (Å²) < 4.78 is 14.9. The van der Waals surface area contributed by atoms with Crippen LogP contribution in [0.25, 0.3) is 11.0 Å². The van der Waals surface area contributed by atoms with Crippen LogP contribution in [0.1, 0.15) is 12.5 Å². The van der Waals surface area contributed by atoms with Gasteiger partial charge in [-0.1, -0.05) is 6.92 Å². The van der Waals surface area contributed by atoms with E-state index in [0.717, 1.165) is 6.20 Å². The van der Waals surface area contributed by atoms with Gasteiger partial charge in [0.1, 0.15) is 12.1 Å². The summed E-state index contributed by atoms with van der Waals surface area (Å²) in [4.78, 5) is 26.2. The molecular formula is C12H11FN2O2. The summed E-state index contributed by atoms with van der Waals surface area (Å²) in [7, 11) is 0. The highest BCUT2D eigenvalue weighted by Crippen LogP contribution is 2.18. The predicted octanol–water partition coefficient (Wildman–Crippen LogP) is 1.30. The third-order valence-corrected chi connectivity index (χ3v) is 2.66. The molecule has 0 aromatic carbocycles. The van der Waals surface area contributed by atoms with Gasteiger partial charge in [0.05, 0.1) is 23.8 Å². The van der Waals surface area contributed by atoms with Crippen LogP contribution in [0.5, 0.6) is 0 Å². The van der Waals surface area contributed by atoms with Gasteiger partial charge in [-0.3, -0.25) is 14.3 Å². The first-order chi connectivity index (χ1) is 8.19. The minimum Gasteiger partial charge on any atom is -0.301 e. The van der Waals surface area contributed by atoms with Gasteiger partial charge in [0.2, 0.25) is 0 Å². The van der Waals surface area contributed by atoms with Crippen molar-refractivity contribution in [3.63, 3.8) is 0 Å². The van der Waals surface area contributed by atoms with Gasteiger partial charge < -0.3 is 4.79 Å². The van der Waals surface area contributed by atoms with E-state index in [-0.39, 0.29) is 12.1 Å². The van der Waals surface area contributed by atoms with E-state index < -0.39 is 5.82 Å². The molecule has 0 saturated heterocycles. The summed E-state index contributed by atoms with van der Waals surface area (Å²) in [5.41, 5.74) is 1.01. The van der Waals surface area contributed by atoms with Crippen LogP contribution in [0.3, 0.4) is 0 Å². The molecule has 0 fully saturated rings. The van der Waals surface area contributed by atoms with Crippen molar-refractivity contribution < 1.29 is 9.18 Å². The first-order valence-electron chi connectivity index (χ1n) is 5.29. The third-order valence-electron chi connectivity index (χ3n) is 2.66. The van der Waals surface area contributed by atoms with Crippen molar-refractivity contribution in [2.45, 2.75) is 19.9 Å². The highest BCUT2D eigenvalue weighted by atomic mass is 19.1. The number of hydrogen-bond acceptors (Lipinski definition) is 3. The number of aryl methyl sites for hydroxylation is 1. The molecule has 0 aliphatic heterocycles. The van der Waals surface area contributed by atoms with Gasteiger partial charge in [-0.25, -0.2) is 4.39 Å². The third kappa shape index (κ3) is 1.84. The van der Waals surface area contributed by atoms with Crippen molar-refractivity contribution in [2.75, 3.05) is 0 Å². The average Bonchev–Trinajstić information content (AvgIpc) is 2.33. The van der Waals surface area contributed by atoms with Crippen LogP contribution in [0.15, 0.2) is 23.1 Å². The van der Waals surface area contributed by atoms with Crippen LogP contribution < -0.4 is 5.56 Å². The maximum atomic E-state index is 13.6. The lowest BCUT2D eigenvalue weighted by Crippen LogP contribution is -2.21. The van der Waals surface area contributed by atoms with E-state index in [9.17, 15) is 14.0 Å². The Hall–Kier alpha value is -2.04. The molecule has 2 rings (SSSR count). The lowest BCUT2D eigenvalue weighted by molar-refractivity contribution is -0.108. The van der Waals surface area contributed by atoms with Crippen LogP contribution in [0.2, 0.25) is 0 Å². The second kappa shape index (κ2) is 4.45. The van der Waals surface area contributed by atoms with Crippen LogP contribution >= 0.6 is 0 Å². The monoisotopic (exact) mass is 234 g/mol. The standard InChI is InChI=1S/C12H11FN2O2/c1-2-8-9(13)7-14-10-3-4-11(17)15(5-6-16)12(8)10/h3-4,6-7H,2,5H2,1H3. The predicted molar refractivity (Wildman–Crippen MR) is 61.4 cm³/mol. The molecule has 88 valence electrons. The van der Waals surface area contributed by atoms with Crippen LogP contribution in [-0.4, -0.2) is 15.8 Å². The summed E-state index contributed by atoms with van der Waals surface area (Å²) in [5.74, 6) is -0.453. The van der Waals surface area contributed by atoms with Gasteiger partial charge in [0, 0.05) is 11.6 Å². The topological polar surface area (TPSA) is 52.0 Å². The smallest absolute Gasteiger partial charge is 0.251 e. The molecule has 0 aliphatic carbocycles. The molecule has 0 amide bonds. The number of hydrogen-bond donors (Lipinski definition) is 0. The second-order valence-corrected chi connectivity index (χ2v) is 3.62. The fraction of sp³-hybridized carbons (Fsp3) is 0.250. The highest BCUT2D eigenvalue weighted by molar-refractivity contribution is 5.79. The molecule has 2 heterocycles. The SMILES string of the molecule is CCc1c(F)cnc2ccc(=O)n(CC=O)c12. The number of rotatable bonds is 3. The van der Waals surface area contributed by atoms with Gasteiger partial charge in [0.15, 0.2) is 0 Å². The molecular weight excluding hydrogens is 223 g/mol. The molecule has 17 heavy (non-hydrogen) atoms. The first kappa shape index (κ1) is 11.4. The molecule has 0 atom stereocenters. The van der Waals surface area contributed by atoms with E-state index in [1.165, 1.54) is 16.7 Å². The summed E-state index contributed by atoms with van der Waals surface area (Å²) >= 11 is 0. The summed E-state index contributed by atoms with van der Waals surface area (Å²) in [6.07, 6.45) is 2.19. The van der Waals surface area contributed by atoms with Crippen molar-refractivity contribution in [3.8, 4) is 0 Å². The number of aromatic nitrogens is 2. The number of carbonyl (C=O) groups excluding carboxylic acids is 1. The molecule has 0 radical (unpaired) electrons. The first-order valence-corrected chi connectivity index (χ1v) is 5.29. The van der Waals surface area contributed by atoms with Crippen LogP contribution in [0, 0.1) is 5.82 Å². The van der Waals surface area contributed by atoms with E-state index in [1.54, 1.807) is 6.92 Å². The van der Waals surface area contributed by atoms with Gasteiger partial charge in [-0.15, -0.1) is 0 Å².